The Balaban J connectivity index is 1.95. The molecular formula is C23H28FN3O5. The van der Waals surface area contributed by atoms with Gasteiger partial charge in [0.15, 0.2) is 0 Å². The normalized spacial score (nSPS) is 13.4. The number of halogens is 1. The lowest BCUT2D eigenvalue weighted by molar-refractivity contribution is -0.119. The fourth-order valence-electron chi connectivity index (χ4n) is 3.91. The zero-order valence-corrected chi connectivity index (χ0v) is 18.9. The number of nitrogens with zero attached hydrogens (tertiary/aromatic N) is 1. The second kappa shape index (κ2) is 9.22. The van der Waals surface area contributed by atoms with Crippen LogP contribution in [0.15, 0.2) is 18.2 Å². The highest BCUT2D eigenvalue weighted by Crippen LogP contribution is 2.28. The molecule has 3 rings (SSSR count). The molecule has 8 nitrogen and oxygen atoms in total. The summed E-state index contributed by atoms with van der Waals surface area (Å²) in [6, 6.07) is 4.27. The number of anilines is 1. The van der Waals surface area contributed by atoms with E-state index >= 15 is 0 Å². The molecule has 0 unspecified atom stereocenters. The second-order valence-corrected chi connectivity index (χ2v) is 8.52. The lowest BCUT2D eigenvalue weighted by Crippen LogP contribution is -2.49. The summed E-state index contributed by atoms with van der Waals surface area (Å²) in [5.74, 6) is -2.33. The molecule has 0 fully saturated rings. The number of benzene rings is 1. The first kappa shape index (κ1) is 23.6. The molecule has 0 bridgehead atoms. The Morgan fingerprint density at radius 2 is 1.97 bits per heavy atom. The highest BCUT2D eigenvalue weighted by Gasteiger charge is 2.34. The molecule has 0 saturated heterocycles. The molecule has 2 N–H and O–H groups in total. The van der Waals surface area contributed by atoms with Crippen LogP contribution in [0.3, 0.4) is 0 Å². The molecule has 0 radical (unpaired) electrons. The third-order valence-corrected chi connectivity index (χ3v) is 5.33. The van der Waals surface area contributed by atoms with E-state index < -0.39 is 23.1 Å². The smallest absolute Gasteiger partial charge is 0.294 e. The summed E-state index contributed by atoms with van der Waals surface area (Å²) in [7, 11) is 1.51. The third-order valence-electron chi connectivity index (χ3n) is 5.33. The van der Waals surface area contributed by atoms with Crippen LogP contribution < -0.4 is 10.6 Å². The van der Waals surface area contributed by atoms with Crippen molar-refractivity contribution in [1.82, 2.24) is 9.88 Å². The number of carbonyl (C=O) groups is 3. The first-order valence-electron chi connectivity index (χ1n) is 10.3. The number of hydrogen-bond acceptors (Lipinski definition) is 5. The highest BCUT2D eigenvalue weighted by molar-refractivity contribution is 6.43. The predicted octanol–water partition coefficient (Wildman–Crippen LogP) is 2.75. The van der Waals surface area contributed by atoms with Gasteiger partial charge in [0, 0.05) is 19.3 Å². The molecule has 1 aromatic heterocycles. The number of methoxy groups -OCH3 is 1. The van der Waals surface area contributed by atoms with Crippen molar-refractivity contribution in [3.63, 3.8) is 0 Å². The van der Waals surface area contributed by atoms with Crippen molar-refractivity contribution in [2.45, 2.75) is 46.4 Å². The van der Waals surface area contributed by atoms with Crippen LogP contribution in [0.4, 0.5) is 10.1 Å². The van der Waals surface area contributed by atoms with Crippen LogP contribution in [-0.2, 0) is 27.4 Å². The van der Waals surface area contributed by atoms with Gasteiger partial charge in [-0.1, -0.05) is 0 Å². The second-order valence-electron chi connectivity index (χ2n) is 8.52. The largest absolute Gasteiger partial charge is 0.382 e. The number of carbonyl (C=O) groups excluding carboxylic acids is 3. The van der Waals surface area contributed by atoms with Gasteiger partial charge in [-0.3, -0.25) is 14.4 Å². The number of fused-ring (bicyclic) bond motifs is 1. The molecule has 0 aliphatic carbocycles. The number of aryl methyl sites for hydroxylation is 1. The molecule has 2 aromatic rings. The van der Waals surface area contributed by atoms with Gasteiger partial charge in [-0.05, 0) is 57.0 Å². The fraction of sp³-hybridized carbons (Fsp3) is 0.435. The quantitative estimate of drug-likeness (QED) is 0.504. The number of Topliss-reactive ketones (excluding diaryl/α,β-unsaturated/α-hetero) is 1. The number of nitrogens with one attached hydrogen (secondary N) is 2. The Kier molecular flexibility index (Phi) is 6.80. The van der Waals surface area contributed by atoms with E-state index in [1.165, 1.54) is 25.3 Å². The van der Waals surface area contributed by atoms with Crippen LogP contribution in [-0.4, -0.2) is 48.0 Å². The van der Waals surface area contributed by atoms with Gasteiger partial charge in [0.1, 0.15) is 5.82 Å². The Labute approximate surface area is 186 Å². The number of hydrogen-bond donors (Lipinski definition) is 2. The molecule has 1 aliphatic heterocycles. The maximum absolute atomic E-state index is 13.6. The van der Waals surface area contributed by atoms with Gasteiger partial charge >= 0.3 is 0 Å². The van der Waals surface area contributed by atoms with Crippen molar-refractivity contribution in [3.8, 4) is 0 Å². The molecular weight excluding hydrogens is 417 g/mol. The minimum atomic E-state index is -0.775. The van der Waals surface area contributed by atoms with E-state index in [0.29, 0.717) is 35.7 Å². The fourth-order valence-corrected chi connectivity index (χ4v) is 3.91. The molecule has 32 heavy (non-hydrogen) atoms. The average molecular weight is 445 g/mol. The molecule has 2 amide bonds. The zero-order valence-electron chi connectivity index (χ0n) is 18.9. The summed E-state index contributed by atoms with van der Waals surface area (Å²) in [4.78, 5) is 38.9. The number of aromatic nitrogens is 1. The van der Waals surface area contributed by atoms with E-state index in [1.807, 2.05) is 0 Å². The van der Waals surface area contributed by atoms with E-state index in [-0.39, 0.29) is 30.3 Å². The van der Waals surface area contributed by atoms with Gasteiger partial charge in [-0.15, -0.1) is 0 Å². The van der Waals surface area contributed by atoms with Crippen LogP contribution in [0.1, 0.15) is 51.5 Å². The maximum Gasteiger partial charge on any atom is 0.294 e. The first-order valence-corrected chi connectivity index (χ1v) is 10.3. The number of amides is 2. The first-order chi connectivity index (χ1) is 15.1. The number of rotatable bonds is 7. The van der Waals surface area contributed by atoms with Gasteiger partial charge in [0.2, 0.25) is 0 Å². The average Bonchev–Trinajstić information content (AvgIpc) is 3.01. The minimum absolute atomic E-state index is 0.135. The molecule has 1 aliphatic rings. The Morgan fingerprint density at radius 3 is 2.62 bits per heavy atom. The summed E-state index contributed by atoms with van der Waals surface area (Å²) in [6.07, 6.45) is 0. The van der Waals surface area contributed by atoms with Crippen LogP contribution in [0, 0.1) is 19.7 Å². The van der Waals surface area contributed by atoms with E-state index in [0.717, 1.165) is 0 Å². The van der Waals surface area contributed by atoms with Crippen LogP contribution >= 0.6 is 0 Å². The van der Waals surface area contributed by atoms with Gasteiger partial charge < -0.3 is 24.7 Å². The molecule has 0 atom stereocenters. The number of ketones is 1. The highest BCUT2D eigenvalue weighted by atomic mass is 19.1. The number of ether oxygens (including phenoxy) is 2. The van der Waals surface area contributed by atoms with E-state index in [4.69, 9.17) is 9.47 Å². The van der Waals surface area contributed by atoms with Crippen molar-refractivity contribution in [1.29, 1.82) is 0 Å². The van der Waals surface area contributed by atoms with E-state index in [9.17, 15) is 18.8 Å². The van der Waals surface area contributed by atoms with Gasteiger partial charge in [-0.2, -0.15) is 0 Å². The summed E-state index contributed by atoms with van der Waals surface area (Å²) in [6.45, 7) is 7.80. The third kappa shape index (κ3) is 4.73. The Morgan fingerprint density at radius 1 is 1.25 bits per heavy atom. The zero-order chi connectivity index (χ0) is 23.6. The van der Waals surface area contributed by atoms with Gasteiger partial charge in [0.05, 0.1) is 42.3 Å². The summed E-state index contributed by atoms with van der Waals surface area (Å²) in [5.41, 5.74) is 1.44. The van der Waals surface area contributed by atoms with Gasteiger partial charge in [-0.25, -0.2) is 4.39 Å². The van der Waals surface area contributed by atoms with Gasteiger partial charge in [0.25, 0.3) is 17.6 Å². The minimum Gasteiger partial charge on any atom is -0.382 e. The Hall–Kier alpha value is -3.04. The lowest BCUT2D eigenvalue weighted by Gasteiger charge is -2.25. The van der Waals surface area contributed by atoms with Crippen LogP contribution in [0.25, 0.3) is 0 Å². The Bertz CT molecular complexity index is 1070. The standard InChI is InChI=1S/C23H28FN3O5/c1-13-10-15(6-7-16(13)24)25-21(29)18-14(2)19(27-8-9-32-11-17(18)27)20(28)22(30)26-23(3,4)12-31-5/h6-7,10H,8-9,11-12H2,1-5H3,(H,25,29)(H,26,30). The summed E-state index contributed by atoms with van der Waals surface area (Å²) >= 11 is 0. The SMILES string of the molecule is COCC(C)(C)NC(=O)C(=O)c1c(C)c(C(=O)Nc2ccc(F)c(C)c2)c2n1CCOC2. The summed E-state index contributed by atoms with van der Waals surface area (Å²) in [5, 5.41) is 5.44. The molecule has 172 valence electrons. The van der Waals surface area contributed by atoms with Crippen molar-refractivity contribution in [2.24, 2.45) is 0 Å². The topological polar surface area (TPSA) is 98.7 Å². The molecule has 2 heterocycles. The van der Waals surface area contributed by atoms with Crippen molar-refractivity contribution in [2.75, 3.05) is 25.6 Å². The maximum atomic E-state index is 13.6. The van der Waals surface area contributed by atoms with Crippen molar-refractivity contribution < 1.29 is 28.2 Å². The molecule has 9 heteroatoms. The van der Waals surface area contributed by atoms with Crippen molar-refractivity contribution >= 4 is 23.3 Å². The van der Waals surface area contributed by atoms with E-state index in [2.05, 4.69) is 10.6 Å². The summed E-state index contributed by atoms with van der Waals surface area (Å²) < 4.78 is 25.8. The lowest BCUT2D eigenvalue weighted by atomic mass is 10.0. The monoisotopic (exact) mass is 445 g/mol. The van der Waals surface area contributed by atoms with Crippen LogP contribution in [0.2, 0.25) is 0 Å². The molecule has 1 aromatic carbocycles. The van der Waals surface area contributed by atoms with E-state index in [1.54, 1.807) is 32.3 Å². The van der Waals surface area contributed by atoms with Crippen molar-refractivity contribution in [3.05, 3.63) is 52.1 Å². The van der Waals surface area contributed by atoms with Crippen LogP contribution in [0.5, 0.6) is 0 Å². The molecule has 0 spiro atoms. The predicted molar refractivity (Wildman–Crippen MR) is 116 cm³/mol. The molecule has 0 saturated carbocycles.